The first-order valence-corrected chi connectivity index (χ1v) is 10.7. The quantitative estimate of drug-likeness (QED) is 0.303. The molecular weight excluding hydrogens is 414 g/mol. The maximum absolute atomic E-state index is 10.2. The first kappa shape index (κ1) is 22.1. The van der Waals surface area contributed by atoms with Gasteiger partial charge in [-0.25, -0.2) is 0 Å². The van der Waals surface area contributed by atoms with Crippen molar-refractivity contribution in [3.63, 3.8) is 0 Å². The lowest BCUT2D eigenvalue weighted by Crippen LogP contribution is -2.12. The number of aromatic hydroxyl groups is 3. The van der Waals surface area contributed by atoms with Gasteiger partial charge in [0.15, 0.2) is 0 Å². The Balaban J connectivity index is 1.76. The van der Waals surface area contributed by atoms with Gasteiger partial charge in [-0.05, 0) is 98.5 Å². The zero-order valence-electron chi connectivity index (χ0n) is 19.1. The molecule has 5 heteroatoms. The van der Waals surface area contributed by atoms with Gasteiger partial charge in [0.05, 0.1) is 11.4 Å². The molecule has 0 unspecified atom stereocenters. The normalized spacial score (nSPS) is 10.8. The Morgan fingerprint density at radius 2 is 1.15 bits per heavy atom. The van der Waals surface area contributed by atoms with E-state index in [2.05, 4.69) is 0 Å². The summed E-state index contributed by atoms with van der Waals surface area (Å²) in [6, 6.07) is 21.5. The van der Waals surface area contributed by atoms with E-state index in [0.717, 1.165) is 39.3 Å². The molecule has 0 heterocycles. The van der Waals surface area contributed by atoms with Crippen LogP contribution in [0.5, 0.6) is 28.7 Å². The molecule has 4 aromatic carbocycles. The predicted octanol–water partition coefficient (Wildman–Crippen LogP) is 7.30. The van der Waals surface area contributed by atoms with Crippen LogP contribution in [0.1, 0.15) is 22.3 Å². The molecule has 4 rings (SSSR count). The lowest BCUT2D eigenvalue weighted by molar-refractivity contribution is 0.457. The van der Waals surface area contributed by atoms with Crippen molar-refractivity contribution in [2.75, 3.05) is 4.90 Å². The number of hydrogen-bond donors (Lipinski definition) is 3. The maximum Gasteiger partial charge on any atom is 0.130 e. The number of nitrogens with zero attached hydrogens (tertiary/aromatic N) is 1. The Morgan fingerprint density at radius 3 is 1.70 bits per heavy atom. The van der Waals surface area contributed by atoms with Crippen molar-refractivity contribution in [2.24, 2.45) is 0 Å². The summed E-state index contributed by atoms with van der Waals surface area (Å²) in [4.78, 5) is 2.00. The van der Waals surface area contributed by atoms with Gasteiger partial charge < -0.3 is 25.0 Å². The molecule has 0 saturated heterocycles. The molecule has 0 bridgehead atoms. The topological polar surface area (TPSA) is 73.2 Å². The fourth-order valence-electron chi connectivity index (χ4n) is 3.77. The summed E-state index contributed by atoms with van der Waals surface area (Å²) in [6.45, 7) is 7.73. The fourth-order valence-corrected chi connectivity index (χ4v) is 3.77. The molecule has 0 aromatic heterocycles. The second kappa shape index (κ2) is 8.79. The van der Waals surface area contributed by atoms with Gasteiger partial charge in [0, 0.05) is 17.8 Å². The average molecular weight is 442 g/mol. The lowest BCUT2D eigenvalue weighted by atomic mass is 10.1. The number of anilines is 3. The summed E-state index contributed by atoms with van der Waals surface area (Å²) < 4.78 is 6.07. The number of benzene rings is 4. The highest BCUT2D eigenvalue weighted by molar-refractivity contribution is 5.81. The van der Waals surface area contributed by atoms with Gasteiger partial charge in [-0.1, -0.05) is 12.1 Å². The molecule has 4 aromatic rings. The van der Waals surface area contributed by atoms with Crippen molar-refractivity contribution in [2.45, 2.75) is 27.7 Å². The van der Waals surface area contributed by atoms with Crippen molar-refractivity contribution in [1.29, 1.82) is 0 Å². The van der Waals surface area contributed by atoms with Crippen LogP contribution in [0.2, 0.25) is 0 Å². The Morgan fingerprint density at radius 1 is 0.606 bits per heavy atom. The van der Waals surface area contributed by atoms with E-state index in [-0.39, 0.29) is 17.2 Å². The standard InChI is InChI=1S/C28H27NO4/c1-17-5-9-22(30)15-25(17)29(26-16-23(31)10-6-18(26)2)21-7-11-24(12-8-21)33-28-14-13-27(32)19(3)20(28)4/h5-16,30-32H,1-4H3. The summed E-state index contributed by atoms with van der Waals surface area (Å²) in [5.74, 6) is 1.91. The van der Waals surface area contributed by atoms with Gasteiger partial charge in [0.2, 0.25) is 0 Å². The molecule has 0 spiro atoms. The first-order valence-electron chi connectivity index (χ1n) is 10.7. The summed E-state index contributed by atoms with van der Waals surface area (Å²) in [5, 5.41) is 30.2. The lowest BCUT2D eigenvalue weighted by Gasteiger charge is -2.28. The minimum atomic E-state index is 0.163. The highest BCUT2D eigenvalue weighted by Gasteiger charge is 2.18. The zero-order chi connectivity index (χ0) is 23.7. The van der Waals surface area contributed by atoms with E-state index in [4.69, 9.17) is 4.74 Å². The Labute approximate surface area is 193 Å². The molecule has 0 aliphatic heterocycles. The first-order chi connectivity index (χ1) is 15.7. The molecule has 0 amide bonds. The van der Waals surface area contributed by atoms with Crippen LogP contribution in [0.25, 0.3) is 0 Å². The van der Waals surface area contributed by atoms with Gasteiger partial charge >= 0.3 is 0 Å². The molecule has 0 aliphatic carbocycles. The fraction of sp³-hybridized carbons (Fsp3) is 0.143. The van der Waals surface area contributed by atoms with Crippen molar-refractivity contribution >= 4 is 17.1 Å². The number of phenolic OH excluding ortho intramolecular Hbond substituents is 3. The second-order valence-electron chi connectivity index (χ2n) is 8.21. The highest BCUT2D eigenvalue weighted by Crippen LogP contribution is 2.41. The second-order valence-corrected chi connectivity index (χ2v) is 8.21. The molecule has 168 valence electrons. The minimum absolute atomic E-state index is 0.163. The molecule has 33 heavy (non-hydrogen) atoms. The largest absolute Gasteiger partial charge is 0.508 e. The van der Waals surface area contributed by atoms with Crippen LogP contribution in [-0.2, 0) is 0 Å². The van der Waals surface area contributed by atoms with Gasteiger partial charge in [-0.2, -0.15) is 0 Å². The van der Waals surface area contributed by atoms with Crippen molar-refractivity contribution in [1.82, 2.24) is 0 Å². The Hall–Kier alpha value is -4.12. The number of hydrogen-bond acceptors (Lipinski definition) is 5. The third kappa shape index (κ3) is 4.44. The predicted molar refractivity (Wildman–Crippen MR) is 132 cm³/mol. The number of aryl methyl sites for hydroxylation is 2. The summed E-state index contributed by atoms with van der Waals surface area (Å²) in [5.41, 5.74) is 6.09. The highest BCUT2D eigenvalue weighted by atomic mass is 16.5. The smallest absolute Gasteiger partial charge is 0.130 e. The van der Waals surface area contributed by atoms with E-state index in [1.807, 2.05) is 69.0 Å². The molecule has 3 N–H and O–H groups in total. The maximum atomic E-state index is 10.2. The molecule has 0 radical (unpaired) electrons. The van der Waals surface area contributed by atoms with E-state index >= 15 is 0 Å². The van der Waals surface area contributed by atoms with Crippen LogP contribution in [0, 0.1) is 27.7 Å². The van der Waals surface area contributed by atoms with Crippen LogP contribution in [0.15, 0.2) is 72.8 Å². The number of rotatable bonds is 5. The van der Waals surface area contributed by atoms with Crippen LogP contribution in [-0.4, -0.2) is 15.3 Å². The van der Waals surface area contributed by atoms with E-state index in [0.29, 0.717) is 11.5 Å². The van der Waals surface area contributed by atoms with Crippen LogP contribution in [0.3, 0.4) is 0 Å². The van der Waals surface area contributed by atoms with Crippen molar-refractivity contribution < 1.29 is 20.1 Å². The summed E-state index contributed by atoms with van der Waals surface area (Å²) in [7, 11) is 0. The van der Waals surface area contributed by atoms with Gasteiger partial charge in [-0.3, -0.25) is 0 Å². The monoisotopic (exact) mass is 441 g/mol. The van der Waals surface area contributed by atoms with E-state index in [1.54, 1.807) is 36.4 Å². The molecule has 0 aliphatic rings. The Bertz CT molecular complexity index is 1260. The van der Waals surface area contributed by atoms with Crippen LogP contribution < -0.4 is 9.64 Å². The van der Waals surface area contributed by atoms with Gasteiger partial charge in [-0.15, -0.1) is 0 Å². The van der Waals surface area contributed by atoms with E-state index in [1.165, 1.54) is 0 Å². The number of phenols is 3. The molecule has 5 nitrogen and oxygen atoms in total. The van der Waals surface area contributed by atoms with E-state index in [9.17, 15) is 15.3 Å². The average Bonchev–Trinajstić information content (AvgIpc) is 2.80. The van der Waals surface area contributed by atoms with Crippen molar-refractivity contribution in [3.8, 4) is 28.7 Å². The third-order valence-electron chi connectivity index (χ3n) is 5.90. The van der Waals surface area contributed by atoms with Gasteiger partial charge in [0.1, 0.15) is 28.7 Å². The van der Waals surface area contributed by atoms with Crippen LogP contribution >= 0.6 is 0 Å². The molecule has 0 fully saturated rings. The molecule has 0 saturated carbocycles. The third-order valence-corrected chi connectivity index (χ3v) is 5.90. The summed E-state index contributed by atoms with van der Waals surface area (Å²) >= 11 is 0. The van der Waals surface area contributed by atoms with Crippen LogP contribution in [0.4, 0.5) is 17.1 Å². The van der Waals surface area contributed by atoms with Gasteiger partial charge in [0.25, 0.3) is 0 Å². The minimum Gasteiger partial charge on any atom is -0.508 e. The van der Waals surface area contributed by atoms with E-state index < -0.39 is 0 Å². The summed E-state index contributed by atoms with van der Waals surface area (Å²) in [6.07, 6.45) is 0. The number of ether oxygens (including phenoxy) is 1. The van der Waals surface area contributed by atoms with Crippen molar-refractivity contribution in [3.05, 3.63) is 95.1 Å². The Kier molecular flexibility index (Phi) is 5.88. The SMILES string of the molecule is Cc1ccc(O)cc1N(c1ccc(Oc2ccc(O)c(C)c2C)cc1)c1cc(O)ccc1C. The zero-order valence-corrected chi connectivity index (χ0v) is 19.1. The molecule has 0 atom stereocenters. The molecular formula is C28H27NO4.